The molecule has 0 aliphatic carbocycles. The Morgan fingerprint density at radius 1 is 1.13 bits per heavy atom. The van der Waals surface area contributed by atoms with E-state index in [1.807, 2.05) is 23.5 Å². The van der Waals surface area contributed by atoms with Crippen LogP contribution in [0.2, 0.25) is 0 Å². The number of carbonyl (C=O) groups excluding carboxylic acids is 2. The molecule has 1 aliphatic heterocycles. The highest BCUT2D eigenvalue weighted by molar-refractivity contribution is 6.03. The van der Waals surface area contributed by atoms with E-state index >= 15 is 0 Å². The fourth-order valence-electron chi connectivity index (χ4n) is 2.27. The Morgan fingerprint density at radius 2 is 1.83 bits per heavy atom. The molecule has 3 amide bonds. The summed E-state index contributed by atoms with van der Waals surface area (Å²) >= 11 is 0. The van der Waals surface area contributed by atoms with Gasteiger partial charge in [0.25, 0.3) is 11.5 Å². The Hall–Kier alpha value is -3.23. The molecule has 9 nitrogen and oxygen atoms in total. The quantitative estimate of drug-likeness (QED) is 0.643. The lowest BCUT2D eigenvalue weighted by atomic mass is 10.3. The largest absolute Gasteiger partial charge is 0.323 e. The van der Waals surface area contributed by atoms with E-state index in [2.05, 4.69) is 15.5 Å². The summed E-state index contributed by atoms with van der Waals surface area (Å²) in [6.45, 7) is 1.72. The molecule has 0 bridgehead atoms. The SMILES string of the molecule is Cc1c(N=NC2NC(=O)NC2=O)c(=O)n(-c2ccccc2)n1C. The number of nitrogens with one attached hydrogen (secondary N) is 2. The van der Waals surface area contributed by atoms with Gasteiger partial charge in [-0.05, 0) is 19.1 Å². The number of urea groups is 1. The van der Waals surface area contributed by atoms with Crippen LogP contribution in [0.15, 0.2) is 45.4 Å². The van der Waals surface area contributed by atoms with E-state index in [-0.39, 0.29) is 11.2 Å². The number of carbonyl (C=O) groups is 2. The predicted octanol–water partition coefficient (Wildman–Crippen LogP) is 0.734. The molecule has 2 aromatic rings. The third-order valence-electron chi connectivity index (χ3n) is 3.55. The van der Waals surface area contributed by atoms with Crippen molar-refractivity contribution in [1.29, 1.82) is 0 Å². The number of nitrogens with zero attached hydrogens (tertiary/aromatic N) is 4. The number of para-hydroxylation sites is 1. The molecule has 1 atom stereocenters. The van der Waals surface area contributed by atoms with Crippen molar-refractivity contribution < 1.29 is 9.59 Å². The minimum Gasteiger partial charge on any atom is -0.306 e. The summed E-state index contributed by atoms with van der Waals surface area (Å²) in [7, 11) is 1.73. The molecular weight excluding hydrogens is 300 g/mol. The third kappa shape index (κ3) is 2.52. The molecule has 1 aromatic carbocycles. The molecule has 1 aliphatic rings. The number of azo groups is 1. The normalized spacial score (nSPS) is 17.6. The number of hydrogen-bond acceptors (Lipinski definition) is 5. The Balaban J connectivity index is 2.00. The second-order valence-electron chi connectivity index (χ2n) is 4.99. The number of imide groups is 1. The van der Waals surface area contributed by atoms with E-state index in [1.54, 1.807) is 30.8 Å². The van der Waals surface area contributed by atoms with Crippen LogP contribution >= 0.6 is 0 Å². The summed E-state index contributed by atoms with van der Waals surface area (Å²) < 4.78 is 3.11. The Labute approximate surface area is 130 Å². The van der Waals surface area contributed by atoms with Crippen LogP contribution in [-0.2, 0) is 11.8 Å². The van der Waals surface area contributed by atoms with Crippen LogP contribution in [0.1, 0.15) is 5.69 Å². The number of benzene rings is 1. The Morgan fingerprint density at radius 3 is 2.43 bits per heavy atom. The fourth-order valence-corrected chi connectivity index (χ4v) is 2.27. The summed E-state index contributed by atoms with van der Waals surface area (Å²) in [5, 5.41) is 12.0. The molecular formula is C14H14N6O3. The van der Waals surface area contributed by atoms with Gasteiger partial charge in [0.2, 0.25) is 6.17 Å². The molecule has 118 valence electrons. The predicted molar refractivity (Wildman–Crippen MR) is 80.7 cm³/mol. The first-order valence-corrected chi connectivity index (χ1v) is 6.85. The van der Waals surface area contributed by atoms with Gasteiger partial charge in [-0.25, -0.2) is 9.48 Å². The number of amides is 3. The minimum absolute atomic E-state index is 0.116. The molecule has 0 radical (unpaired) electrons. The Bertz CT molecular complexity index is 865. The van der Waals surface area contributed by atoms with Crippen LogP contribution in [0.25, 0.3) is 5.69 Å². The van der Waals surface area contributed by atoms with E-state index in [9.17, 15) is 14.4 Å². The van der Waals surface area contributed by atoms with Crippen molar-refractivity contribution in [2.24, 2.45) is 17.3 Å². The van der Waals surface area contributed by atoms with Gasteiger partial charge in [0, 0.05) is 7.05 Å². The highest BCUT2D eigenvalue weighted by Crippen LogP contribution is 2.17. The van der Waals surface area contributed by atoms with Gasteiger partial charge in [-0.1, -0.05) is 18.2 Å². The third-order valence-corrected chi connectivity index (χ3v) is 3.55. The van der Waals surface area contributed by atoms with Gasteiger partial charge in [-0.3, -0.25) is 19.6 Å². The topological polar surface area (TPSA) is 110 Å². The number of aromatic nitrogens is 2. The van der Waals surface area contributed by atoms with Crippen molar-refractivity contribution in [2.75, 3.05) is 0 Å². The van der Waals surface area contributed by atoms with Crippen LogP contribution in [-0.4, -0.2) is 27.5 Å². The van der Waals surface area contributed by atoms with Crippen LogP contribution in [0.5, 0.6) is 0 Å². The van der Waals surface area contributed by atoms with Crippen molar-refractivity contribution in [3.05, 3.63) is 46.4 Å². The second kappa shape index (κ2) is 5.52. The van der Waals surface area contributed by atoms with Crippen LogP contribution in [0.4, 0.5) is 10.5 Å². The van der Waals surface area contributed by atoms with Crippen molar-refractivity contribution in [3.63, 3.8) is 0 Å². The maximum Gasteiger partial charge on any atom is 0.323 e. The van der Waals surface area contributed by atoms with Gasteiger partial charge in [-0.2, -0.15) is 5.11 Å². The van der Waals surface area contributed by atoms with Crippen molar-refractivity contribution in [1.82, 2.24) is 20.0 Å². The Kier molecular flexibility index (Phi) is 3.53. The highest BCUT2D eigenvalue weighted by Gasteiger charge is 2.29. The molecule has 1 fully saturated rings. The van der Waals surface area contributed by atoms with Gasteiger partial charge in [0.15, 0.2) is 5.69 Å². The van der Waals surface area contributed by atoms with Crippen molar-refractivity contribution in [2.45, 2.75) is 13.1 Å². The second-order valence-corrected chi connectivity index (χ2v) is 4.99. The lowest BCUT2D eigenvalue weighted by Crippen LogP contribution is -2.26. The van der Waals surface area contributed by atoms with Gasteiger partial charge in [0.05, 0.1) is 11.4 Å². The number of hydrogen-bond donors (Lipinski definition) is 2. The summed E-state index contributed by atoms with van der Waals surface area (Å²) in [6, 6.07) is 8.46. The van der Waals surface area contributed by atoms with Gasteiger partial charge in [0.1, 0.15) is 0 Å². The molecule has 3 rings (SSSR count). The first-order chi connectivity index (χ1) is 11.0. The molecule has 2 heterocycles. The van der Waals surface area contributed by atoms with E-state index in [1.165, 1.54) is 4.68 Å². The zero-order valence-corrected chi connectivity index (χ0v) is 12.5. The van der Waals surface area contributed by atoms with E-state index in [0.717, 1.165) is 0 Å². The summed E-state index contributed by atoms with van der Waals surface area (Å²) in [4.78, 5) is 35.0. The maximum absolute atomic E-state index is 12.6. The zero-order chi connectivity index (χ0) is 16.6. The first kappa shape index (κ1) is 14.7. The highest BCUT2D eigenvalue weighted by atomic mass is 16.2. The summed E-state index contributed by atoms with van der Waals surface area (Å²) in [6.07, 6.45) is -1.12. The lowest BCUT2D eigenvalue weighted by Gasteiger charge is -2.07. The summed E-state index contributed by atoms with van der Waals surface area (Å²) in [5.41, 5.74) is 1.04. The van der Waals surface area contributed by atoms with E-state index in [0.29, 0.717) is 11.4 Å². The van der Waals surface area contributed by atoms with Gasteiger partial charge < -0.3 is 5.32 Å². The van der Waals surface area contributed by atoms with Crippen molar-refractivity contribution >= 4 is 17.6 Å². The first-order valence-electron chi connectivity index (χ1n) is 6.85. The van der Waals surface area contributed by atoms with E-state index < -0.39 is 18.1 Å². The monoisotopic (exact) mass is 314 g/mol. The van der Waals surface area contributed by atoms with Gasteiger partial charge in [-0.15, -0.1) is 5.11 Å². The average molecular weight is 314 g/mol. The van der Waals surface area contributed by atoms with Crippen LogP contribution in [0.3, 0.4) is 0 Å². The molecule has 1 unspecified atom stereocenters. The molecule has 9 heteroatoms. The molecule has 0 saturated carbocycles. The molecule has 0 spiro atoms. The molecule has 1 saturated heterocycles. The zero-order valence-electron chi connectivity index (χ0n) is 12.5. The average Bonchev–Trinajstić information content (AvgIpc) is 2.96. The lowest BCUT2D eigenvalue weighted by molar-refractivity contribution is -0.120. The standard InChI is InChI=1S/C14H14N6O3/c1-8-10(17-18-11-12(21)16-14(23)15-11)13(22)20(19(8)2)9-6-4-3-5-7-9/h3-7,11H,1-2H3,(H2,15,16,21,23). The van der Waals surface area contributed by atoms with E-state index in [4.69, 9.17) is 0 Å². The fraction of sp³-hybridized carbons (Fsp3) is 0.214. The molecule has 2 N–H and O–H groups in total. The van der Waals surface area contributed by atoms with Crippen LogP contribution in [0, 0.1) is 6.92 Å². The van der Waals surface area contributed by atoms with Crippen LogP contribution < -0.4 is 16.2 Å². The summed E-state index contributed by atoms with van der Waals surface area (Å²) in [5.74, 6) is -0.601. The molecule has 1 aromatic heterocycles. The smallest absolute Gasteiger partial charge is 0.306 e. The number of rotatable bonds is 3. The molecule has 23 heavy (non-hydrogen) atoms. The van der Waals surface area contributed by atoms with Crippen molar-refractivity contribution in [3.8, 4) is 5.69 Å². The van der Waals surface area contributed by atoms with Gasteiger partial charge >= 0.3 is 6.03 Å². The minimum atomic E-state index is -1.12. The maximum atomic E-state index is 12.6.